The molecule has 144 valence electrons. The van der Waals surface area contributed by atoms with E-state index >= 15 is 0 Å². The average Bonchev–Trinajstić information content (AvgIpc) is 2.99. The van der Waals surface area contributed by atoms with E-state index < -0.39 is 11.6 Å². The minimum Gasteiger partial charge on any atom is -0.308 e. The molecule has 4 nitrogen and oxygen atoms in total. The SMILES string of the molecule is CN(C)CCN(C(=O)c1ccccc1Br)c1nc2c(F)cc(F)cc2s1.Cl. The van der Waals surface area contributed by atoms with Crippen LogP contribution in [0.25, 0.3) is 10.2 Å². The maximum absolute atomic E-state index is 14.0. The molecule has 1 heterocycles. The first-order chi connectivity index (χ1) is 12.4. The van der Waals surface area contributed by atoms with Crippen LogP contribution in [0.15, 0.2) is 40.9 Å². The molecule has 0 N–H and O–H groups in total. The number of likely N-dealkylation sites (N-methyl/N-ethyl adjacent to an activating group) is 1. The van der Waals surface area contributed by atoms with Crippen LogP contribution in [0.5, 0.6) is 0 Å². The molecule has 3 rings (SSSR count). The van der Waals surface area contributed by atoms with Crippen LogP contribution in [0.4, 0.5) is 13.9 Å². The van der Waals surface area contributed by atoms with Gasteiger partial charge in [0.25, 0.3) is 5.91 Å². The quantitative estimate of drug-likeness (QED) is 0.522. The Bertz CT molecular complexity index is 967. The summed E-state index contributed by atoms with van der Waals surface area (Å²) in [6, 6.07) is 9.11. The summed E-state index contributed by atoms with van der Waals surface area (Å²) in [5.74, 6) is -1.65. The number of rotatable bonds is 5. The van der Waals surface area contributed by atoms with Crippen LogP contribution in [-0.4, -0.2) is 43.0 Å². The van der Waals surface area contributed by atoms with Gasteiger partial charge in [-0.25, -0.2) is 13.8 Å². The van der Waals surface area contributed by atoms with Crippen molar-refractivity contribution < 1.29 is 13.6 Å². The first kappa shape index (κ1) is 21.7. The number of carbonyl (C=O) groups is 1. The van der Waals surface area contributed by atoms with Gasteiger partial charge in [-0.05, 0) is 48.2 Å². The lowest BCUT2D eigenvalue weighted by Gasteiger charge is -2.22. The fourth-order valence-electron chi connectivity index (χ4n) is 2.43. The topological polar surface area (TPSA) is 36.4 Å². The number of halogens is 4. The normalized spacial score (nSPS) is 10.9. The van der Waals surface area contributed by atoms with Crippen molar-refractivity contribution >= 4 is 60.9 Å². The second-order valence-electron chi connectivity index (χ2n) is 5.97. The zero-order valence-electron chi connectivity index (χ0n) is 14.6. The molecule has 0 aliphatic carbocycles. The number of anilines is 1. The lowest BCUT2D eigenvalue weighted by Crippen LogP contribution is -2.36. The summed E-state index contributed by atoms with van der Waals surface area (Å²) in [5, 5.41) is 0.340. The molecule has 0 spiro atoms. The van der Waals surface area contributed by atoms with Crippen LogP contribution in [0.2, 0.25) is 0 Å². The number of benzene rings is 2. The molecule has 3 aromatic rings. The predicted molar refractivity (Wildman–Crippen MR) is 111 cm³/mol. The predicted octanol–water partition coefficient (Wildman–Crippen LogP) is 4.97. The number of fused-ring (bicyclic) bond motifs is 1. The average molecular weight is 477 g/mol. The van der Waals surface area contributed by atoms with E-state index in [1.807, 2.05) is 25.1 Å². The third kappa shape index (κ3) is 4.82. The standard InChI is InChI=1S/C18H16BrF2N3OS.ClH/c1-23(2)7-8-24(17(25)12-5-3-4-6-13(12)19)18-22-16-14(21)9-11(20)10-15(16)26-18;/h3-6,9-10H,7-8H2,1-2H3;1H. The van der Waals surface area contributed by atoms with E-state index in [9.17, 15) is 13.6 Å². The molecule has 1 aromatic heterocycles. The van der Waals surface area contributed by atoms with Crippen LogP contribution in [-0.2, 0) is 0 Å². The summed E-state index contributed by atoms with van der Waals surface area (Å²) in [6.45, 7) is 0.972. The van der Waals surface area contributed by atoms with E-state index in [0.717, 1.165) is 17.4 Å². The molecule has 0 radical (unpaired) electrons. The highest BCUT2D eigenvalue weighted by molar-refractivity contribution is 9.10. The summed E-state index contributed by atoms with van der Waals surface area (Å²) in [5.41, 5.74) is 0.554. The van der Waals surface area contributed by atoms with Crippen LogP contribution < -0.4 is 4.90 Å². The second kappa shape index (κ2) is 9.05. The van der Waals surface area contributed by atoms with E-state index in [0.29, 0.717) is 33.0 Å². The molecule has 1 amide bonds. The zero-order chi connectivity index (χ0) is 18.8. The number of amides is 1. The van der Waals surface area contributed by atoms with Crippen molar-refractivity contribution in [1.82, 2.24) is 9.88 Å². The van der Waals surface area contributed by atoms with E-state index in [-0.39, 0.29) is 23.8 Å². The third-order valence-electron chi connectivity index (χ3n) is 3.75. The summed E-state index contributed by atoms with van der Waals surface area (Å²) < 4.78 is 28.5. The van der Waals surface area contributed by atoms with Crippen molar-refractivity contribution in [3.05, 3.63) is 58.1 Å². The number of nitrogens with zero attached hydrogens (tertiary/aromatic N) is 3. The molecular formula is C18H17BrClF2N3OS. The smallest absolute Gasteiger partial charge is 0.261 e. The number of hydrogen-bond donors (Lipinski definition) is 0. The molecule has 2 aromatic carbocycles. The van der Waals surface area contributed by atoms with Crippen molar-refractivity contribution in [2.45, 2.75) is 0 Å². The zero-order valence-corrected chi connectivity index (χ0v) is 17.8. The van der Waals surface area contributed by atoms with Gasteiger partial charge in [0.15, 0.2) is 10.9 Å². The van der Waals surface area contributed by atoms with Crippen LogP contribution in [0.1, 0.15) is 10.4 Å². The number of aromatic nitrogens is 1. The van der Waals surface area contributed by atoms with Crippen molar-refractivity contribution in [2.24, 2.45) is 0 Å². The van der Waals surface area contributed by atoms with Crippen molar-refractivity contribution in [2.75, 3.05) is 32.1 Å². The van der Waals surface area contributed by atoms with Gasteiger partial charge >= 0.3 is 0 Å². The fourth-order valence-corrected chi connectivity index (χ4v) is 3.91. The van der Waals surface area contributed by atoms with Gasteiger partial charge in [0, 0.05) is 23.6 Å². The van der Waals surface area contributed by atoms with Gasteiger partial charge in [-0.3, -0.25) is 9.69 Å². The molecular weight excluding hydrogens is 460 g/mol. The molecule has 0 fully saturated rings. The molecule has 9 heteroatoms. The fraction of sp³-hybridized carbons (Fsp3) is 0.222. The molecule has 0 unspecified atom stereocenters. The van der Waals surface area contributed by atoms with E-state index in [1.54, 1.807) is 18.2 Å². The van der Waals surface area contributed by atoms with Crippen molar-refractivity contribution in [1.29, 1.82) is 0 Å². The Balaban J connectivity index is 0.00000261. The molecule has 0 aliphatic heterocycles. The van der Waals surface area contributed by atoms with E-state index in [1.165, 1.54) is 11.0 Å². The van der Waals surface area contributed by atoms with Crippen molar-refractivity contribution in [3.8, 4) is 0 Å². The number of carbonyl (C=O) groups excluding carboxylic acids is 1. The molecule has 0 bridgehead atoms. The first-order valence-corrected chi connectivity index (χ1v) is 9.44. The highest BCUT2D eigenvalue weighted by Crippen LogP contribution is 2.32. The minimum absolute atomic E-state index is 0. The summed E-state index contributed by atoms with van der Waals surface area (Å²) in [7, 11) is 3.79. The minimum atomic E-state index is -0.733. The Kier molecular flexibility index (Phi) is 7.27. The van der Waals surface area contributed by atoms with Crippen LogP contribution in [0.3, 0.4) is 0 Å². The summed E-state index contributed by atoms with van der Waals surface area (Å²) >= 11 is 4.48. The monoisotopic (exact) mass is 475 g/mol. The van der Waals surface area contributed by atoms with Gasteiger partial charge in [0.1, 0.15) is 11.3 Å². The molecule has 0 atom stereocenters. The van der Waals surface area contributed by atoms with E-state index in [2.05, 4.69) is 20.9 Å². The van der Waals surface area contributed by atoms with Crippen LogP contribution >= 0.6 is 39.7 Å². The maximum Gasteiger partial charge on any atom is 0.261 e. The van der Waals surface area contributed by atoms with E-state index in [4.69, 9.17) is 0 Å². The largest absolute Gasteiger partial charge is 0.308 e. The Labute approximate surface area is 174 Å². The van der Waals surface area contributed by atoms with Crippen LogP contribution in [0, 0.1) is 11.6 Å². The second-order valence-corrected chi connectivity index (χ2v) is 7.83. The lowest BCUT2D eigenvalue weighted by molar-refractivity contribution is 0.0984. The molecule has 0 saturated carbocycles. The Hall–Kier alpha value is -1.61. The molecule has 0 aliphatic rings. The molecule has 0 saturated heterocycles. The number of hydrogen-bond acceptors (Lipinski definition) is 4. The maximum atomic E-state index is 14.0. The highest BCUT2D eigenvalue weighted by Gasteiger charge is 2.24. The molecule has 27 heavy (non-hydrogen) atoms. The number of thiazole rings is 1. The van der Waals surface area contributed by atoms with Gasteiger partial charge in [-0.1, -0.05) is 23.5 Å². The Morgan fingerprint density at radius 2 is 1.89 bits per heavy atom. The first-order valence-electron chi connectivity index (χ1n) is 7.83. The third-order valence-corrected chi connectivity index (χ3v) is 5.47. The van der Waals surface area contributed by atoms with Gasteiger partial charge < -0.3 is 4.90 Å². The highest BCUT2D eigenvalue weighted by atomic mass is 79.9. The van der Waals surface area contributed by atoms with Crippen molar-refractivity contribution in [3.63, 3.8) is 0 Å². The Morgan fingerprint density at radius 3 is 2.56 bits per heavy atom. The lowest BCUT2D eigenvalue weighted by atomic mass is 10.2. The van der Waals surface area contributed by atoms with Gasteiger partial charge in [0.2, 0.25) is 0 Å². The van der Waals surface area contributed by atoms with Gasteiger partial charge in [0.05, 0.1) is 10.3 Å². The van der Waals surface area contributed by atoms with Gasteiger partial charge in [-0.15, -0.1) is 12.4 Å². The van der Waals surface area contributed by atoms with Gasteiger partial charge in [-0.2, -0.15) is 0 Å². The summed E-state index contributed by atoms with van der Waals surface area (Å²) in [6.07, 6.45) is 0. The summed E-state index contributed by atoms with van der Waals surface area (Å²) in [4.78, 5) is 20.8. The Morgan fingerprint density at radius 1 is 1.19 bits per heavy atom.